The summed E-state index contributed by atoms with van der Waals surface area (Å²) < 4.78 is 25.5. The average molecular weight is 347 g/mol. The van der Waals surface area contributed by atoms with Crippen molar-refractivity contribution in [1.82, 2.24) is 14.6 Å². The normalized spacial score (nSPS) is 19.5. The molecular weight excluding hydrogens is 326 g/mol. The summed E-state index contributed by atoms with van der Waals surface area (Å²) in [4.78, 5) is 13.0. The second kappa shape index (κ2) is 6.41. The third kappa shape index (κ3) is 3.37. The van der Waals surface area contributed by atoms with Gasteiger partial charge in [-0.15, -0.1) is 0 Å². The molecular formula is C17H21N3O3S. The molecule has 2 heterocycles. The van der Waals surface area contributed by atoms with Crippen LogP contribution in [0.15, 0.2) is 48.8 Å². The Morgan fingerprint density at radius 3 is 2.46 bits per heavy atom. The van der Waals surface area contributed by atoms with Gasteiger partial charge in [-0.1, -0.05) is 6.07 Å². The molecule has 1 fully saturated rings. The first kappa shape index (κ1) is 16.7. The Balaban J connectivity index is 1.90. The number of carbonyl (C=O) groups excluding carboxylic acids is 1. The highest BCUT2D eigenvalue weighted by molar-refractivity contribution is 7.91. The first-order valence-corrected chi connectivity index (χ1v) is 9.64. The molecule has 3 rings (SSSR count). The van der Waals surface area contributed by atoms with Crippen molar-refractivity contribution in [2.24, 2.45) is 0 Å². The van der Waals surface area contributed by atoms with Gasteiger partial charge in [0.1, 0.15) is 0 Å². The van der Waals surface area contributed by atoms with Gasteiger partial charge in [-0.05, 0) is 36.8 Å². The van der Waals surface area contributed by atoms with Gasteiger partial charge in [0.2, 0.25) is 0 Å². The molecule has 0 aliphatic carbocycles. The summed E-state index contributed by atoms with van der Waals surface area (Å²) in [6.45, 7) is 0. The van der Waals surface area contributed by atoms with Crippen molar-refractivity contribution in [2.75, 3.05) is 25.6 Å². The summed E-state index contributed by atoms with van der Waals surface area (Å²) >= 11 is 0. The predicted molar refractivity (Wildman–Crippen MR) is 92.7 cm³/mol. The molecule has 0 unspecified atom stereocenters. The van der Waals surface area contributed by atoms with Crippen LogP contribution in [0.4, 0.5) is 0 Å². The van der Waals surface area contributed by atoms with E-state index >= 15 is 0 Å². The Morgan fingerprint density at radius 2 is 1.88 bits per heavy atom. The number of amides is 1. The molecule has 24 heavy (non-hydrogen) atoms. The zero-order valence-corrected chi connectivity index (χ0v) is 14.6. The van der Waals surface area contributed by atoms with Crippen molar-refractivity contribution in [3.63, 3.8) is 0 Å². The van der Waals surface area contributed by atoms with Gasteiger partial charge in [0.25, 0.3) is 5.91 Å². The molecule has 0 spiro atoms. The van der Waals surface area contributed by atoms with Gasteiger partial charge < -0.3 is 4.57 Å². The Morgan fingerprint density at radius 1 is 1.17 bits per heavy atom. The zero-order chi connectivity index (χ0) is 17.3. The lowest BCUT2D eigenvalue weighted by Gasteiger charge is -2.33. The lowest BCUT2D eigenvalue weighted by molar-refractivity contribution is 0.00101. The number of nitrogens with zero attached hydrogens (tertiary/aromatic N) is 3. The van der Waals surface area contributed by atoms with Crippen molar-refractivity contribution in [3.8, 4) is 5.69 Å². The molecule has 1 aromatic carbocycles. The number of hydrazine groups is 1. The van der Waals surface area contributed by atoms with Gasteiger partial charge in [0.05, 0.1) is 17.5 Å². The summed E-state index contributed by atoms with van der Waals surface area (Å²) in [7, 11) is 0.467. The Hall–Kier alpha value is -2.12. The van der Waals surface area contributed by atoms with E-state index in [1.165, 1.54) is 0 Å². The van der Waals surface area contributed by atoms with Crippen LogP contribution in [0.1, 0.15) is 16.8 Å². The lowest BCUT2D eigenvalue weighted by atomic mass is 10.1. The number of benzene rings is 1. The summed E-state index contributed by atoms with van der Waals surface area (Å²) in [6.07, 6.45) is 4.30. The molecule has 1 atom stereocenters. The first-order chi connectivity index (χ1) is 11.4. The van der Waals surface area contributed by atoms with Crippen LogP contribution in [0.3, 0.4) is 0 Å². The highest BCUT2D eigenvalue weighted by Gasteiger charge is 2.36. The van der Waals surface area contributed by atoms with Gasteiger partial charge in [-0.2, -0.15) is 0 Å². The number of sulfone groups is 1. The van der Waals surface area contributed by atoms with E-state index in [1.807, 2.05) is 47.3 Å². The van der Waals surface area contributed by atoms with Crippen LogP contribution in [0.5, 0.6) is 0 Å². The minimum Gasteiger partial charge on any atom is -0.324 e. The van der Waals surface area contributed by atoms with Crippen LogP contribution < -0.4 is 0 Å². The zero-order valence-electron chi connectivity index (χ0n) is 13.8. The van der Waals surface area contributed by atoms with Crippen LogP contribution in [0.25, 0.3) is 5.69 Å². The minimum atomic E-state index is -3.06. The summed E-state index contributed by atoms with van der Waals surface area (Å²) in [6, 6.07) is 10.9. The first-order valence-electron chi connectivity index (χ1n) is 7.82. The van der Waals surface area contributed by atoms with E-state index in [2.05, 4.69) is 0 Å². The van der Waals surface area contributed by atoms with E-state index in [9.17, 15) is 13.2 Å². The third-order valence-corrected chi connectivity index (χ3v) is 5.94. The minimum absolute atomic E-state index is 0.0220. The van der Waals surface area contributed by atoms with Crippen LogP contribution in [0, 0.1) is 0 Å². The second-order valence-electron chi connectivity index (χ2n) is 6.19. The van der Waals surface area contributed by atoms with Crippen LogP contribution in [-0.4, -0.2) is 60.6 Å². The monoisotopic (exact) mass is 347 g/mol. The fourth-order valence-electron chi connectivity index (χ4n) is 3.08. The van der Waals surface area contributed by atoms with Crippen LogP contribution >= 0.6 is 0 Å². The molecule has 0 N–H and O–H groups in total. The van der Waals surface area contributed by atoms with Crippen molar-refractivity contribution >= 4 is 15.7 Å². The van der Waals surface area contributed by atoms with Crippen molar-refractivity contribution in [2.45, 2.75) is 12.5 Å². The molecule has 7 heteroatoms. The number of hydrogen-bond donors (Lipinski definition) is 0. The predicted octanol–water partition coefficient (Wildman–Crippen LogP) is 1.58. The molecule has 6 nitrogen and oxygen atoms in total. The highest BCUT2D eigenvalue weighted by atomic mass is 32.2. The molecule has 1 saturated heterocycles. The smallest absolute Gasteiger partial charge is 0.268 e. The highest BCUT2D eigenvalue weighted by Crippen LogP contribution is 2.21. The Kier molecular flexibility index (Phi) is 4.47. The number of aromatic nitrogens is 1. The summed E-state index contributed by atoms with van der Waals surface area (Å²) in [5.41, 5.74) is 1.43. The van der Waals surface area contributed by atoms with E-state index in [1.54, 1.807) is 30.2 Å². The summed E-state index contributed by atoms with van der Waals surface area (Å²) in [5.74, 6) is -0.0245. The number of rotatable bonds is 4. The fourth-order valence-corrected chi connectivity index (χ4v) is 4.77. The number of carbonyl (C=O) groups is 1. The third-order valence-electron chi connectivity index (χ3n) is 4.19. The number of hydrogen-bond acceptors (Lipinski definition) is 4. The topological polar surface area (TPSA) is 62.6 Å². The van der Waals surface area contributed by atoms with Gasteiger partial charge in [0, 0.05) is 37.7 Å². The second-order valence-corrected chi connectivity index (χ2v) is 8.42. The molecule has 1 aliphatic heterocycles. The van der Waals surface area contributed by atoms with E-state index in [-0.39, 0.29) is 23.5 Å². The van der Waals surface area contributed by atoms with E-state index < -0.39 is 9.84 Å². The van der Waals surface area contributed by atoms with Crippen LogP contribution in [-0.2, 0) is 9.84 Å². The molecule has 1 aliphatic rings. The standard InChI is InChI=1S/C17H21N3O3S/c1-18(2)20(16-8-11-24(22,23)13-16)17(21)14-6-5-7-15(12-14)19-9-3-4-10-19/h3-7,9-10,12,16H,8,11,13H2,1-2H3/t16-/m0/s1. The average Bonchev–Trinajstić information content (AvgIpc) is 3.17. The van der Waals surface area contributed by atoms with Gasteiger partial charge >= 0.3 is 0 Å². The largest absolute Gasteiger partial charge is 0.324 e. The maximum atomic E-state index is 13.0. The SMILES string of the molecule is CN(C)N(C(=O)c1cccc(-n2cccc2)c1)[C@H]1CCS(=O)(=O)C1. The molecule has 128 valence electrons. The lowest BCUT2D eigenvalue weighted by Crippen LogP contribution is -2.49. The van der Waals surface area contributed by atoms with Gasteiger partial charge in [-0.3, -0.25) is 9.80 Å². The van der Waals surface area contributed by atoms with Crippen molar-refractivity contribution < 1.29 is 13.2 Å². The Bertz CT molecular complexity index is 829. The quantitative estimate of drug-likeness (QED) is 0.788. The molecule has 2 aromatic rings. The molecule has 1 amide bonds. The van der Waals surface area contributed by atoms with E-state index in [0.717, 1.165) is 5.69 Å². The molecule has 0 radical (unpaired) electrons. The van der Waals surface area contributed by atoms with E-state index in [4.69, 9.17) is 0 Å². The van der Waals surface area contributed by atoms with Crippen molar-refractivity contribution in [1.29, 1.82) is 0 Å². The van der Waals surface area contributed by atoms with Gasteiger partial charge in [0.15, 0.2) is 9.84 Å². The molecule has 0 bridgehead atoms. The fraction of sp³-hybridized carbons (Fsp3) is 0.353. The molecule has 0 saturated carbocycles. The summed E-state index contributed by atoms with van der Waals surface area (Å²) in [5, 5.41) is 3.23. The van der Waals surface area contributed by atoms with Crippen LogP contribution in [0.2, 0.25) is 0 Å². The van der Waals surface area contributed by atoms with E-state index in [0.29, 0.717) is 12.0 Å². The molecule has 1 aromatic heterocycles. The van der Waals surface area contributed by atoms with Gasteiger partial charge in [-0.25, -0.2) is 13.4 Å². The maximum Gasteiger partial charge on any atom is 0.268 e. The maximum absolute atomic E-state index is 13.0. The van der Waals surface area contributed by atoms with Crippen molar-refractivity contribution in [3.05, 3.63) is 54.4 Å². The Labute approximate surface area is 142 Å².